The quantitative estimate of drug-likeness (QED) is 0.830. The fraction of sp³-hybridized carbons (Fsp3) is 0.357. The molecule has 23 heavy (non-hydrogen) atoms. The molecule has 2 rings (SSSR count). The van der Waals surface area contributed by atoms with Gasteiger partial charge in [0.2, 0.25) is 11.0 Å². The van der Waals surface area contributed by atoms with Gasteiger partial charge in [-0.15, -0.1) is 10.2 Å². The van der Waals surface area contributed by atoms with Gasteiger partial charge in [-0.1, -0.05) is 25.2 Å². The highest BCUT2D eigenvalue weighted by molar-refractivity contribution is 7.93. The lowest BCUT2D eigenvalue weighted by Crippen LogP contribution is -2.13. The van der Waals surface area contributed by atoms with Crippen LogP contribution in [0.4, 0.5) is 10.8 Å². The molecule has 0 aliphatic heterocycles. The molecule has 1 heterocycles. The average molecular weight is 354 g/mol. The number of sulfonamides is 1. The maximum Gasteiger partial charge on any atom is 0.263 e. The van der Waals surface area contributed by atoms with Gasteiger partial charge < -0.3 is 5.32 Å². The molecule has 7 nitrogen and oxygen atoms in total. The fourth-order valence-electron chi connectivity index (χ4n) is 1.82. The van der Waals surface area contributed by atoms with Crippen molar-refractivity contribution in [3.05, 3.63) is 29.3 Å². The SMILES string of the molecule is CC(=O)Nc1ccc(S(=O)(=O)Nc2nnc(CC(C)C)s2)cc1. The number of anilines is 2. The highest BCUT2D eigenvalue weighted by Gasteiger charge is 2.17. The van der Waals surface area contributed by atoms with Crippen LogP contribution in [0.3, 0.4) is 0 Å². The molecule has 0 spiro atoms. The minimum Gasteiger partial charge on any atom is -0.326 e. The van der Waals surface area contributed by atoms with E-state index in [9.17, 15) is 13.2 Å². The summed E-state index contributed by atoms with van der Waals surface area (Å²) < 4.78 is 27.0. The lowest BCUT2D eigenvalue weighted by atomic mass is 10.1. The van der Waals surface area contributed by atoms with Crippen LogP contribution >= 0.6 is 11.3 Å². The van der Waals surface area contributed by atoms with Gasteiger partial charge in [-0.25, -0.2) is 8.42 Å². The molecule has 1 aromatic carbocycles. The van der Waals surface area contributed by atoms with Gasteiger partial charge in [0, 0.05) is 19.0 Å². The maximum atomic E-state index is 12.3. The van der Waals surface area contributed by atoms with Gasteiger partial charge >= 0.3 is 0 Å². The average Bonchev–Trinajstić information content (AvgIpc) is 2.84. The first-order chi connectivity index (χ1) is 10.8. The minimum absolute atomic E-state index is 0.0900. The number of rotatable bonds is 6. The summed E-state index contributed by atoms with van der Waals surface area (Å²) in [7, 11) is -3.73. The van der Waals surface area contributed by atoms with E-state index in [1.165, 1.54) is 42.5 Å². The standard InChI is InChI=1S/C14H18N4O3S2/c1-9(2)8-13-16-17-14(22-13)18-23(20,21)12-6-4-11(5-7-12)15-10(3)19/h4-7,9H,8H2,1-3H3,(H,15,19)(H,17,18). The number of hydrogen-bond acceptors (Lipinski definition) is 6. The Bertz CT molecular complexity index is 783. The van der Waals surface area contributed by atoms with E-state index in [1.54, 1.807) is 0 Å². The third-order valence-electron chi connectivity index (χ3n) is 2.76. The number of nitrogens with zero attached hydrogens (tertiary/aromatic N) is 2. The first-order valence-electron chi connectivity index (χ1n) is 6.99. The van der Waals surface area contributed by atoms with E-state index in [0.29, 0.717) is 11.6 Å². The van der Waals surface area contributed by atoms with E-state index in [0.717, 1.165) is 11.4 Å². The third-order valence-corrected chi connectivity index (χ3v) is 5.10. The molecule has 0 saturated carbocycles. The number of nitrogens with one attached hydrogen (secondary N) is 2. The monoisotopic (exact) mass is 354 g/mol. The van der Waals surface area contributed by atoms with Crippen molar-refractivity contribution in [1.82, 2.24) is 10.2 Å². The topological polar surface area (TPSA) is 101 Å². The van der Waals surface area contributed by atoms with E-state index < -0.39 is 10.0 Å². The molecule has 2 N–H and O–H groups in total. The van der Waals surface area contributed by atoms with Gasteiger partial charge in [-0.3, -0.25) is 9.52 Å². The van der Waals surface area contributed by atoms with Crippen LogP contribution in [0.25, 0.3) is 0 Å². The first-order valence-corrected chi connectivity index (χ1v) is 9.29. The van der Waals surface area contributed by atoms with Gasteiger partial charge in [0.05, 0.1) is 4.90 Å². The van der Waals surface area contributed by atoms with E-state index in [4.69, 9.17) is 0 Å². The Morgan fingerprint density at radius 3 is 2.43 bits per heavy atom. The number of amides is 1. The van der Waals surface area contributed by atoms with Crippen molar-refractivity contribution in [2.24, 2.45) is 5.92 Å². The normalized spacial score (nSPS) is 11.5. The maximum absolute atomic E-state index is 12.3. The summed E-state index contributed by atoms with van der Waals surface area (Å²) in [4.78, 5) is 11.0. The molecule has 1 amide bonds. The van der Waals surface area contributed by atoms with Crippen LogP contribution in [0.15, 0.2) is 29.2 Å². The van der Waals surface area contributed by atoms with Crippen LogP contribution in [0.2, 0.25) is 0 Å². The van der Waals surface area contributed by atoms with Crippen molar-refractivity contribution in [3.63, 3.8) is 0 Å². The Labute approximate surface area is 139 Å². The lowest BCUT2D eigenvalue weighted by molar-refractivity contribution is -0.114. The Morgan fingerprint density at radius 2 is 1.87 bits per heavy atom. The van der Waals surface area contributed by atoms with Gasteiger partial charge in [-0.2, -0.15) is 0 Å². The van der Waals surface area contributed by atoms with Crippen LogP contribution in [0.5, 0.6) is 0 Å². The number of carbonyl (C=O) groups is 1. The molecule has 1 aromatic heterocycles. The summed E-state index contributed by atoms with van der Waals surface area (Å²) in [5.41, 5.74) is 0.534. The second kappa shape index (κ2) is 7.05. The van der Waals surface area contributed by atoms with Gasteiger partial charge in [0.1, 0.15) is 5.01 Å². The van der Waals surface area contributed by atoms with Crippen LogP contribution in [0.1, 0.15) is 25.8 Å². The number of benzene rings is 1. The Kier molecular flexibility index (Phi) is 5.32. The number of hydrogen-bond donors (Lipinski definition) is 2. The molecule has 0 aliphatic rings. The third kappa shape index (κ3) is 5.00. The van der Waals surface area contributed by atoms with E-state index in [2.05, 4.69) is 34.1 Å². The molecule has 0 bridgehead atoms. The number of carbonyl (C=O) groups excluding carboxylic acids is 1. The van der Waals surface area contributed by atoms with Crippen molar-refractivity contribution >= 4 is 38.1 Å². The van der Waals surface area contributed by atoms with Crippen molar-refractivity contribution in [2.75, 3.05) is 10.0 Å². The number of aromatic nitrogens is 2. The smallest absolute Gasteiger partial charge is 0.263 e. The predicted octanol–water partition coefficient (Wildman–Crippen LogP) is 2.50. The molecule has 0 aliphatic carbocycles. The Balaban J connectivity index is 2.12. The zero-order valence-electron chi connectivity index (χ0n) is 13.0. The molecule has 0 saturated heterocycles. The van der Waals surface area contributed by atoms with E-state index in [1.807, 2.05) is 0 Å². The molecule has 0 unspecified atom stereocenters. The summed E-state index contributed by atoms with van der Waals surface area (Å²) in [6.07, 6.45) is 0.755. The lowest BCUT2D eigenvalue weighted by Gasteiger charge is -2.06. The Hall–Kier alpha value is -2.00. The molecule has 0 fully saturated rings. The Morgan fingerprint density at radius 1 is 1.22 bits per heavy atom. The van der Waals surface area contributed by atoms with E-state index in [-0.39, 0.29) is 15.9 Å². The van der Waals surface area contributed by atoms with Gasteiger partial charge in [0.25, 0.3) is 10.0 Å². The summed E-state index contributed by atoms with van der Waals surface area (Å²) in [5.74, 6) is 0.207. The highest BCUT2D eigenvalue weighted by atomic mass is 32.2. The zero-order chi connectivity index (χ0) is 17.0. The predicted molar refractivity (Wildman–Crippen MR) is 90.0 cm³/mol. The van der Waals surface area contributed by atoms with E-state index >= 15 is 0 Å². The fourth-order valence-corrected chi connectivity index (χ4v) is 4.00. The van der Waals surface area contributed by atoms with Crippen LogP contribution in [0, 0.1) is 5.92 Å². The van der Waals surface area contributed by atoms with Crippen molar-refractivity contribution in [3.8, 4) is 0 Å². The molecular weight excluding hydrogens is 336 g/mol. The van der Waals surface area contributed by atoms with Gasteiger partial charge in [0.15, 0.2) is 0 Å². The first kappa shape index (κ1) is 17.4. The molecular formula is C14H18N4O3S2. The molecule has 9 heteroatoms. The molecule has 0 radical (unpaired) electrons. The van der Waals surface area contributed by atoms with Crippen LogP contribution in [-0.4, -0.2) is 24.5 Å². The molecule has 0 atom stereocenters. The second-order valence-electron chi connectivity index (χ2n) is 5.41. The van der Waals surface area contributed by atoms with Crippen molar-refractivity contribution in [2.45, 2.75) is 32.1 Å². The summed E-state index contributed by atoms with van der Waals surface area (Å²) in [6.45, 7) is 5.50. The van der Waals surface area contributed by atoms with Crippen molar-refractivity contribution in [1.29, 1.82) is 0 Å². The zero-order valence-corrected chi connectivity index (χ0v) is 14.7. The largest absolute Gasteiger partial charge is 0.326 e. The highest BCUT2D eigenvalue weighted by Crippen LogP contribution is 2.22. The van der Waals surface area contributed by atoms with Crippen LogP contribution < -0.4 is 10.0 Å². The summed E-state index contributed by atoms with van der Waals surface area (Å²) >= 11 is 1.22. The van der Waals surface area contributed by atoms with Crippen molar-refractivity contribution < 1.29 is 13.2 Å². The molecule has 2 aromatic rings. The summed E-state index contributed by atoms with van der Waals surface area (Å²) in [6, 6.07) is 5.90. The van der Waals surface area contributed by atoms with Gasteiger partial charge in [-0.05, 0) is 30.2 Å². The molecule has 124 valence electrons. The second-order valence-corrected chi connectivity index (χ2v) is 8.15. The van der Waals surface area contributed by atoms with Crippen LogP contribution in [-0.2, 0) is 21.2 Å². The minimum atomic E-state index is -3.73. The summed E-state index contributed by atoms with van der Waals surface area (Å²) in [5, 5.41) is 11.4.